The number of ether oxygens (including phenoxy) is 1. The zero-order valence-corrected chi connectivity index (χ0v) is 11.9. The molecule has 100 valence electrons. The van der Waals surface area contributed by atoms with Crippen LogP contribution in [0, 0.1) is 0 Å². The van der Waals surface area contributed by atoms with Crippen LogP contribution < -0.4 is 4.90 Å². The minimum atomic E-state index is -0.0959. The molecule has 0 aromatic heterocycles. The van der Waals surface area contributed by atoms with Crippen LogP contribution in [0.3, 0.4) is 0 Å². The van der Waals surface area contributed by atoms with Crippen molar-refractivity contribution in [2.24, 2.45) is 0 Å². The summed E-state index contributed by atoms with van der Waals surface area (Å²) >= 11 is 5.69. The van der Waals surface area contributed by atoms with Crippen LogP contribution in [0.1, 0.15) is 19.4 Å². The van der Waals surface area contributed by atoms with Gasteiger partial charge in [-0.3, -0.25) is 4.79 Å². The Kier molecular flexibility index (Phi) is 6.16. The third kappa shape index (κ3) is 3.72. The molecule has 1 aromatic carbocycles. The van der Waals surface area contributed by atoms with Crippen molar-refractivity contribution >= 4 is 23.2 Å². The molecule has 0 aliphatic heterocycles. The van der Waals surface area contributed by atoms with E-state index in [4.69, 9.17) is 16.3 Å². The van der Waals surface area contributed by atoms with Crippen LogP contribution in [0.2, 0.25) is 0 Å². The highest BCUT2D eigenvalue weighted by Crippen LogP contribution is 2.22. The third-order valence-electron chi connectivity index (χ3n) is 2.92. The van der Waals surface area contributed by atoms with Gasteiger partial charge < -0.3 is 9.64 Å². The van der Waals surface area contributed by atoms with Gasteiger partial charge in [0.1, 0.15) is 5.88 Å². The standard InChI is InChI=1S/C14H20ClNO2/c1-4-12-7-5-6-8-13(12)16(14(17)9-15)10-11(2)18-3/h5-8,11H,4,9-10H2,1-3H3. The van der Waals surface area contributed by atoms with Gasteiger partial charge in [-0.2, -0.15) is 0 Å². The molecular weight excluding hydrogens is 250 g/mol. The Morgan fingerprint density at radius 1 is 1.44 bits per heavy atom. The minimum absolute atomic E-state index is 0.0194. The minimum Gasteiger partial charge on any atom is -0.380 e. The summed E-state index contributed by atoms with van der Waals surface area (Å²) in [6.45, 7) is 4.52. The maximum Gasteiger partial charge on any atom is 0.242 e. The lowest BCUT2D eigenvalue weighted by molar-refractivity contribution is -0.116. The topological polar surface area (TPSA) is 29.5 Å². The maximum absolute atomic E-state index is 12.0. The highest BCUT2D eigenvalue weighted by atomic mass is 35.5. The third-order valence-corrected chi connectivity index (χ3v) is 3.15. The van der Waals surface area contributed by atoms with Crippen molar-refractivity contribution in [3.8, 4) is 0 Å². The molecule has 0 radical (unpaired) electrons. The molecule has 0 saturated carbocycles. The number of para-hydroxylation sites is 1. The number of halogens is 1. The number of methoxy groups -OCH3 is 1. The van der Waals surface area contributed by atoms with E-state index in [0.717, 1.165) is 17.7 Å². The fraction of sp³-hybridized carbons (Fsp3) is 0.500. The van der Waals surface area contributed by atoms with Crippen molar-refractivity contribution in [2.45, 2.75) is 26.4 Å². The van der Waals surface area contributed by atoms with E-state index in [2.05, 4.69) is 6.92 Å². The molecule has 1 rings (SSSR count). The number of carbonyl (C=O) groups is 1. The van der Waals surface area contributed by atoms with Gasteiger partial charge in [0.05, 0.1) is 12.6 Å². The first-order valence-corrected chi connectivity index (χ1v) is 6.64. The van der Waals surface area contributed by atoms with Crippen molar-refractivity contribution in [2.75, 3.05) is 24.4 Å². The predicted molar refractivity (Wildman–Crippen MR) is 75.4 cm³/mol. The average Bonchev–Trinajstić information content (AvgIpc) is 2.43. The number of carbonyl (C=O) groups excluding carboxylic acids is 1. The van der Waals surface area contributed by atoms with Crippen molar-refractivity contribution in [3.63, 3.8) is 0 Å². The van der Waals surface area contributed by atoms with E-state index in [9.17, 15) is 4.79 Å². The van der Waals surface area contributed by atoms with Crippen LogP contribution in [-0.4, -0.2) is 31.5 Å². The van der Waals surface area contributed by atoms with Gasteiger partial charge in [0.2, 0.25) is 5.91 Å². The summed E-state index contributed by atoms with van der Waals surface area (Å²) in [4.78, 5) is 13.7. The Hall–Kier alpha value is -1.06. The molecule has 0 N–H and O–H groups in total. The van der Waals surface area contributed by atoms with E-state index in [1.54, 1.807) is 12.0 Å². The van der Waals surface area contributed by atoms with Gasteiger partial charge in [0, 0.05) is 12.8 Å². The first-order valence-electron chi connectivity index (χ1n) is 6.11. The smallest absolute Gasteiger partial charge is 0.242 e. The van der Waals surface area contributed by atoms with Crippen LogP contribution in [0.25, 0.3) is 0 Å². The lowest BCUT2D eigenvalue weighted by Crippen LogP contribution is -2.38. The summed E-state index contributed by atoms with van der Waals surface area (Å²) in [5.74, 6) is -0.115. The fourth-order valence-electron chi connectivity index (χ4n) is 1.81. The molecule has 1 atom stereocenters. The lowest BCUT2D eigenvalue weighted by atomic mass is 10.1. The molecular formula is C14H20ClNO2. The zero-order valence-electron chi connectivity index (χ0n) is 11.1. The van der Waals surface area contributed by atoms with Crippen molar-refractivity contribution < 1.29 is 9.53 Å². The Labute approximate surface area is 114 Å². The highest BCUT2D eigenvalue weighted by molar-refractivity contribution is 6.29. The molecule has 0 heterocycles. The number of amides is 1. The molecule has 0 bridgehead atoms. The van der Waals surface area contributed by atoms with E-state index in [0.29, 0.717) is 6.54 Å². The molecule has 1 unspecified atom stereocenters. The van der Waals surface area contributed by atoms with Crippen molar-refractivity contribution in [1.82, 2.24) is 0 Å². The number of nitrogens with zero attached hydrogens (tertiary/aromatic N) is 1. The Morgan fingerprint density at radius 2 is 2.11 bits per heavy atom. The van der Waals surface area contributed by atoms with E-state index in [1.165, 1.54) is 0 Å². The predicted octanol–water partition coefficient (Wildman–Crippen LogP) is 2.86. The van der Waals surface area contributed by atoms with Gasteiger partial charge in [-0.05, 0) is 25.0 Å². The first kappa shape index (κ1) is 15.0. The second-order valence-electron chi connectivity index (χ2n) is 4.17. The van der Waals surface area contributed by atoms with Crippen LogP contribution in [-0.2, 0) is 16.0 Å². The second kappa shape index (κ2) is 7.39. The van der Waals surface area contributed by atoms with E-state index < -0.39 is 0 Å². The zero-order chi connectivity index (χ0) is 13.5. The number of anilines is 1. The quantitative estimate of drug-likeness (QED) is 0.743. The van der Waals surface area contributed by atoms with E-state index in [-0.39, 0.29) is 17.9 Å². The maximum atomic E-state index is 12.0. The molecule has 3 nitrogen and oxygen atoms in total. The second-order valence-corrected chi connectivity index (χ2v) is 4.43. The molecule has 0 spiro atoms. The average molecular weight is 270 g/mol. The molecule has 1 amide bonds. The molecule has 0 aliphatic carbocycles. The number of hydrogen-bond donors (Lipinski definition) is 0. The van der Waals surface area contributed by atoms with Crippen LogP contribution in [0.4, 0.5) is 5.69 Å². The monoisotopic (exact) mass is 269 g/mol. The van der Waals surface area contributed by atoms with Gasteiger partial charge in [-0.25, -0.2) is 0 Å². The molecule has 0 fully saturated rings. The van der Waals surface area contributed by atoms with Gasteiger partial charge in [-0.1, -0.05) is 25.1 Å². The molecule has 0 aliphatic rings. The number of alkyl halides is 1. The Morgan fingerprint density at radius 3 is 2.67 bits per heavy atom. The Bertz CT molecular complexity index is 395. The number of rotatable bonds is 6. The van der Waals surface area contributed by atoms with Crippen molar-refractivity contribution in [1.29, 1.82) is 0 Å². The Balaban J connectivity index is 3.05. The first-order chi connectivity index (χ1) is 8.63. The molecule has 1 aromatic rings. The summed E-state index contributed by atoms with van der Waals surface area (Å²) in [7, 11) is 1.64. The van der Waals surface area contributed by atoms with Gasteiger partial charge >= 0.3 is 0 Å². The van der Waals surface area contributed by atoms with Crippen molar-refractivity contribution in [3.05, 3.63) is 29.8 Å². The number of benzene rings is 1. The van der Waals surface area contributed by atoms with Crippen LogP contribution >= 0.6 is 11.6 Å². The molecule has 4 heteroatoms. The normalized spacial score (nSPS) is 12.2. The van der Waals surface area contributed by atoms with Crippen LogP contribution in [0.15, 0.2) is 24.3 Å². The summed E-state index contributed by atoms with van der Waals surface area (Å²) in [6, 6.07) is 7.89. The molecule has 0 saturated heterocycles. The molecule has 18 heavy (non-hydrogen) atoms. The van der Waals surface area contributed by atoms with Gasteiger partial charge in [0.25, 0.3) is 0 Å². The summed E-state index contributed by atoms with van der Waals surface area (Å²) in [5, 5.41) is 0. The summed E-state index contributed by atoms with van der Waals surface area (Å²) in [6.07, 6.45) is 0.853. The highest BCUT2D eigenvalue weighted by Gasteiger charge is 2.19. The van der Waals surface area contributed by atoms with Crippen LogP contribution in [0.5, 0.6) is 0 Å². The summed E-state index contributed by atoms with van der Waals surface area (Å²) in [5.41, 5.74) is 2.06. The van der Waals surface area contributed by atoms with Gasteiger partial charge in [-0.15, -0.1) is 11.6 Å². The fourth-order valence-corrected chi connectivity index (χ4v) is 1.96. The number of aryl methyl sites for hydroxylation is 1. The lowest BCUT2D eigenvalue weighted by Gasteiger charge is -2.26. The summed E-state index contributed by atoms with van der Waals surface area (Å²) < 4.78 is 5.23. The van der Waals surface area contributed by atoms with E-state index in [1.807, 2.05) is 31.2 Å². The number of hydrogen-bond acceptors (Lipinski definition) is 2. The SMILES string of the molecule is CCc1ccccc1N(CC(C)OC)C(=O)CCl. The largest absolute Gasteiger partial charge is 0.380 e. The van der Waals surface area contributed by atoms with Gasteiger partial charge in [0.15, 0.2) is 0 Å². The van der Waals surface area contributed by atoms with E-state index >= 15 is 0 Å².